The highest BCUT2D eigenvalue weighted by Gasteiger charge is 2.28. The number of carboxylic acids is 1. The number of hydrogen-bond acceptors (Lipinski definition) is 5. The zero-order chi connectivity index (χ0) is 28.3. The van der Waals surface area contributed by atoms with Crippen molar-refractivity contribution in [2.75, 3.05) is 20.3 Å². The molecule has 1 aliphatic carbocycles. The Morgan fingerprint density at radius 2 is 1.95 bits per heavy atom. The number of aromatic carboxylic acids is 1. The Kier molecular flexibility index (Phi) is 8.12. The maximum absolute atomic E-state index is 12.8. The number of carboxylic acid groups (broad SMARTS) is 1. The van der Waals surface area contributed by atoms with Crippen LogP contribution in [0.1, 0.15) is 70.7 Å². The van der Waals surface area contributed by atoms with Gasteiger partial charge in [0.15, 0.2) is 0 Å². The first-order chi connectivity index (χ1) is 20.1. The number of para-hydroxylation sites is 1. The number of nitrogens with zero attached hydrogens (tertiary/aromatic N) is 3. The number of rotatable bonds is 8. The fourth-order valence-corrected chi connectivity index (χ4v) is 6.69. The van der Waals surface area contributed by atoms with Crippen molar-refractivity contribution in [3.05, 3.63) is 70.2 Å². The first-order valence-corrected chi connectivity index (χ1v) is 14.8. The van der Waals surface area contributed by atoms with Gasteiger partial charge in [-0.2, -0.15) is 5.10 Å². The molecule has 1 aliphatic heterocycles. The Balaban J connectivity index is 1.39. The molecule has 0 atom stereocenters. The number of methoxy groups -OCH3 is 1. The van der Waals surface area contributed by atoms with E-state index in [1.165, 1.54) is 24.0 Å². The molecule has 4 aromatic rings. The topological polar surface area (TPSA) is 87.7 Å². The molecule has 3 heterocycles. The van der Waals surface area contributed by atoms with Gasteiger partial charge in [-0.3, -0.25) is 4.68 Å². The Morgan fingerprint density at radius 3 is 2.80 bits per heavy atom. The highest BCUT2D eigenvalue weighted by atomic mass is 16.5. The van der Waals surface area contributed by atoms with Crippen molar-refractivity contribution in [2.45, 2.75) is 71.1 Å². The summed E-state index contributed by atoms with van der Waals surface area (Å²) in [5, 5.41) is 16.3. The predicted molar refractivity (Wildman–Crippen MR) is 158 cm³/mol. The van der Waals surface area contributed by atoms with E-state index >= 15 is 0 Å². The Bertz CT molecular complexity index is 1570. The summed E-state index contributed by atoms with van der Waals surface area (Å²) in [7, 11) is 3.60. The lowest BCUT2D eigenvalue weighted by Gasteiger charge is -2.19. The van der Waals surface area contributed by atoms with Gasteiger partial charge in [0, 0.05) is 43.8 Å². The summed E-state index contributed by atoms with van der Waals surface area (Å²) in [6.07, 6.45) is 7.65. The van der Waals surface area contributed by atoms with Crippen LogP contribution in [0.25, 0.3) is 22.0 Å². The lowest BCUT2D eigenvalue weighted by atomic mass is 9.91. The lowest BCUT2D eigenvalue weighted by molar-refractivity contribution is 0.0683. The molecule has 0 fully saturated rings. The summed E-state index contributed by atoms with van der Waals surface area (Å²) >= 11 is 0. The van der Waals surface area contributed by atoms with Crippen molar-refractivity contribution in [1.82, 2.24) is 14.3 Å². The van der Waals surface area contributed by atoms with Gasteiger partial charge in [0.2, 0.25) is 0 Å². The second-order valence-electron chi connectivity index (χ2n) is 11.1. The van der Waals surface area contributed by atoms with Crippen LogP contribution in [0.3, 0.4) is 0 Å². The van der Waals surface area contributed by atoms with Crippen LogP contribution in [0.15, 0.2) is 36.4 Å². The maximum Gasteiger partial charge on any atom is 0.352 e. The second kappa shape index (κ2) is 12.1. The number of aromatic nitrogens is 3. The monoisotopic (exact) mass is 557 g/mol. The van der Waals surface area contributed by atoms with E-state index in [1.54, 1.807) is 7.11 Å². The molecular weight excluding hydrogens is 518 g/mol. The quantitative estimate of drug-likeness (QED) is 0.264. The zero-order valence-electron chi connectivity index (χ0n) is 24.1. The molecule has 0 spiro atoms. The molecule has 0 radical (unpaired) electrons. The van der Waals surface area contributed by atoms with Gasteiger partial charge in [0.05, 0.1) is 36.7 Å². The van der Waals surface area contributed by atoms with E-state index in [1.807, 2.05) is 22.4 Å². The zero-order valence-corrected chi connectivity index (χ0v) is 24.1. The van der Waals surface area contributed by atoms with Gasteiger partial charge in [-0.1, -0.05) is 30.3 Å². The Morgan fingerprint density at radius 1 is 1.10 bits per heavy atom. The van der Waals surface area contributed by atoms with Crippen molar-refractivity contribution in [2.24, 2.45) is 7.05 Å². The molecular formula is C33H39N3O5. The highest BCUT2D eigenvalue weighted by molar-refractivity contribution is 6.04. The molecule has 2 aromatic carbocycles. The number of hydrogen-bond donors (Lipinski definition) is 1. The summed E-state index contributed by atoms with van der Waals surface area (Å²) < 4.78 is 21.7. The first kappa shape index (κ1) is 27.5. The van der Waals surface area contributed by atoms with Gasteiger partial charge >= 0.3 is 5.97 Å². The lowest BCUT2D eigenvalue weighted by Crippen LogP contribution is -2.12. The summed E-state index contributed by atoms with van der Waals surface area (Å²) in [6.45, 7) is 2.56. The van der Waals surface area contributed by atoms with E-state index in [9.17, 15) is 9.90 Å². The number of ether oxygens (including phenoxy) is 3. The number of aryl methyl sites for hydroxylation is 4. The molecule has 216 valence electrons. The fraction of sp³-hybridized carbons (Fsp3) is 0.455. The SMILES string of the molecule is COCc1c2c(nn1C)COCCCCn1c(C(=O)O)c(CCCOc3cccc4c3CCCC4)c3cccc-2c31. The predicted octanol–water partition coefficient (Wildman–Crippen LogP) is 6.09. The molecule has 2 aromatic heterocycles. The largest absolute Gasteiger partial charge is 0.493 e. The van der Waals surface area contributed by atoms with Crippen molar-refractivity contribution < 1.29 is 24.1 Å². The van der Waals surface area contributed by atoms with Crippen molar-refractivity contribution in [1.29, 1.82) is 0 Å². The van der Waals surface area contributed by atoms with Gasteiger partial charge in [-0.05, 0) is 74.1 Å². The van der Waals surface area contributed by atoms with Gasteiger partial charge in [0.1, 0.15) is 11.4 Å². The fourth-order valence-electron chi connectivity index (χ4n) is 6.69. The van der Waals surface area contributed by atoms with Crippen LogP contribution in [0, 0.1) is 0 Å². The normalized spacial score (nSPS) is 15.3. The van der Waals surface area contributed by atoms with Gasteiger partial charge in [-0.25, -0.2) is 4.79 Å². The summed E-state index contributed by atoms with van der Waals surface area (Å²) in [5.41, 5.74) is 8.69. The average Bonchev–Trinajstić information content (AvgIpc) is 3.45. The molecule has 0 amide bonds. The van der Waals surface area contributed by atoms with Crippen molar-refractivity contribution in [3.63, 3.8) is 0 Å². The third-order valence-corrected chi connectivity index (χ3v) is 8.52. The minimum atomic E-state index is -0.894. The van der Waals surface area contributed by atoms with Crippen LogP contribution < -0.4 is 4.74 Å². The van der Waals surface area contributed by atoms with Crippen LogP contribution in [0.2, 0.25) is 0 Å². The molecule has 0 saturated carbocycles. The molecule has 1 N–H and O–H groups in total. The van der Waals surface area contributed by atoms with Crippen LogP contribution in [0.5, 0.6) is 5.75 Å². The number of benzene rings is 2. The first-order valence-electron chi connectivity index (χ1n) is 14.8. The van der Waals surface area contributed by atoms with Crippen LogP contribution >= 0.6 is 0 Å². The summed E-state index contributed by atoms with van der Waals surface area (Å²) in [5.74, 6) is 0.0895. The summed E-state index contributed by atoms with van der Waals surface area (Å²) in [6, 6.07) is 12.5. The van der Waals surface area contributed by atoms with E-state index in [-0.39, 0.29) is 0 Å². The molecule has 8 heteroatoms. The van der Waals surface area contributed by atoms with Crippen LogP contribution in [-0.2, 0) is 55.5 Å². The third-order valence-electron chi connectivity index (χ3n) is 8.52. The smallest absolute Gasteiger partial charge is 0.352 e. The molecule has 41 heavy (non-hydrogen) atoms. The molecule has 0 bridgehead atoms. The molecule has 0 unspecified atom stereocenters. The number of carbonyl (C=O) groups is 1. The minimum absolute atomic E-state index is 0.378. The standard InChI is InChI=1S/C33H39N3O5/c1-35-28(21-39-2)30-26-14-8-13-24-25(15-9-19-41-29-16-7-11-22-10-3-4-12-23(22)29)32(33(37)38)36(31(24)26)17-5-6-18-40-20-27(30)34-35/h7-8,11,13-14,16H,3-6,9-10,12,15,17-21H2,1-2H3,(H,37,38). The van der Waals surface area contributed by atoms with E-state index in [4.69, 9.17) is 19.3 Å². The number of fused-ring (bicyclic) bond motifs is 3. The summed E-state index contributed by atoms with van der Waals surface area (Å²) in [4.78, 5) is 12.8. The second-order valence-corrected chi connectivity index (χ2v) is 11.1. The van der Waals surface area contributed by atoms with Crippen molar-refractivity contribution >= 4 is 16.9 Å². The van der Waals surface area contributed by atoms with Crippen LogP contribution in [0.4, 0.5) is 0 Å². The Labute approximate surface area is 240 Å². The minimum Gasteiger partial charge on any atom is -0.493 e. The maximum atomic E-state index is 12.8. The molecule has 2 aliphatic rings. The highest BCUT2D eigenvalue weighted by Crippen LogP contribution is 2.39. The van der Waals surface area contributed by atoms with E-state index < -0.39 is 5.97 Å². The average molecular weight is 558 g/mol. The van der Waals surface area contributed by atoms with E-state index in [0.29, 0.717) is 45.1 Å². The Hall–Kier alpha value is -3.62. The molecule has 6 rings (SSSR count). The third kappa shape index (κ3) is 5.26. The van der Waals surface area contributed by atoms with Gasteiger partial charge in [-0.15, -0.1) is 0 Å². The van der Waals surface area contributed by atoms with Gasteiger partial charge in [0.25, 0.3) is 0 Å². The molecule has 0 saturated heterocycles. The van der Waals surface area contributed by atoms with E-state index in [2.05, 4.69) is 30.3 Å². The molecule has 8 nitrogen and oxygen atoms in total. The van der Waals surface area contributed by atoms with Crippen molar-refractivity contribution in [3.8, 4) is 16.9 Å². The van der Waals surface area contributed by atoms with Crippen LogP contribution in [-0.4, -0.2) is 45.7 Å². The van der Waals surface area contributed by atoms with Gasteiger partial charge < -0.3 is 23.9 Å². The van der Waals surface area contributed by atoms with E-state index in [0.717, 1.165) is 76.8 Å².